The second-order valence-electron chi connectivity index (χ2n) is 9.26. The summed E-state index contributed by atoms with van der Waals surface area (Å²) >= 11 is 13.0. The van der Waals surface area contributed by atoms with Gasteiger partial charge in [0.15, 0.2) is 0 Å². The number of alkyl halides is 2. The van der Waals surface area contributed by atoms with E-state index in [1.54, 1.807) is 0 Å². The summed E-state index contributed by atoms with van der Waals surface area (Å²) in [7, 11) is 0. The van der Waals surface area contributed by atoms with Crippen LogP contribution in [0.1, 0.15) is 71.7 Å². The van der Waals surface area contributed by atoms with Crippen LogP contribution in [0.5, 0.6) is 0 Å². The minimum atomic E-state index is -0.870. The van der Waals surface area contributed by atoms with Crippen molar-refractivity contribution in [3.63, 3.8) is 0 Å². The summed E-state index contributed by atoms with van der Waals surface area (Å²) in [5.41, 5.74) is 7.01. The van der Waals surface area contributed by atoms with E-state index >= 15 is 0 Å². The second kappa shape index (κ2) is 11.9. The molecule has 0 atom stereocenters. The molecule has 6 nitrogen and oxygen atoms in total. The number of esters is 2. The molecule has 0 aliphatic heterocycles. The largest absolute Gasteiger partial charge is 0.456 e. The lowest BCUT2D eigenvalue weighted by atomic mass is 9.95. The predicted molar refractivity (Wildman–Crippen MR) is 149 cm³/mol. The summed E-state index contributed by atoms with van der Waals surface area (Å²) in [4.78, 5) is 31.5. The van der Waals surface area contributed by atoms with Gasteiger partial charge in [-0.15, -0.1) is 23.2 Å². The Morgan fingerprint density at radius 1 is 0.658 bits per heavy atom. The molecule has 2 aromatic carbocycles. The number of hydrogen-bond donors (Lipinski definition) is 2. The normalized spacial score (nSPS) is 11.3. The molecule has 198 valence electrons. The van der Waals surface area contributed by atoms with Crippen LogP contribution in [0.4, 0.5) is 0 Å². The van der Waals surface area contributed by atoms with Crippen LogP contribution >= 0.6 is 23.2 Å². The van der Waals surface area contributed by atoms with Gasteiger partial charge >= 0.3 is 11.9 Å². The Bertz CT molecular complexity index is 1320. The zero-order chi connectivity index (χ0) is 27.4. The first-order valence-electron chi connectivity index (χ1n) is 12.3. The van der Waals surface area contributed by atoms with Crippen molar-refractivity contribution in [2.75, 3.05) is 0 Å². The lowest BCUT2D eigenvalue weighted by Gasteiger charge is -2.18. The first-order chi connectivity index (χ1) is 18.2. The molecule has 0 fully saturated rings. The van der Waals surface area contributed by atoms with Crippen LogP contribution in [0, 0.1) is 27.7 Å². The van der Waals surface area contributed by atoms with Crippen molar-refractivity contribution in [1.82, 2.24) is 9.97 Å². The Kier molecular flexibility index (Phi) is 8.65. The molecule has 0 spiro atoms. The van der Waals surface area contributed by atoms with E-state index in [4.69, 9.17) is 32.7 Å². The highest BCUT2D eigenvalue weighted by molar-refractivity contribution is 6.45. The number of H-pyrrole nitrogens is 2. The molecule has 0 aliphatic carbocycles. The van der Waals surface area contributed by atoms with Gasteiger partial charge in [-0.1, -0.05) is 60.7 Å². The highest BCUT2D eigenvalue weighted by Gasteiger charge is 2.32. The lowest BCUT2D eigenvalue weighted by molar-refractivity contribution is 0.0457. The van der Waals surface area contributed by atoms with Gasteiger partial charge in [0.25, 0.3) is 0 Å². The third kappa shape index (κ3) is 5.82. The van der Waals surface area contributed by atoms with Crippen LogP contribution < -0.4 is 0 Å². The molecule has 0 amide bonds. The fourth-order valence-corrected chi connectivity index (χ4v) is 4.94. The monoisotopic (exact) mass is 552 g/mol. The first-order valence-corrected chi connectivity index (χ1v) is 13.1. The molecule has 0 saturated heterocycles. The number of carbonyl (C=O) groups excluding carboxylic acids is 2. The van der Waals surface area contributed by atoms with Crippen LogP contribution in [0.3, 0.4) is 0 Å². The number of hydrogen-bond acceptors (Lipinski definition) is 4. The van der Waals surface area contributed by atoms with Gasteiger partial charge in [0.1, 0.15) is 29.4 Å². The van der Waals surface area contributed by atoms with Crippen LogP contribution in [0.15, 0.2) is 60.7 Å². The van der Waals surface area contributed by atoms with E-state index in [-0.39, 0.29) is 13.2 Å². The quantitative estimate of drug-likeness (QED) is 0.169. The van der Waals surface area contributed by atoms with Crippen molar-refractivity contribution in [2.24, 2.45) is 0 Å². The molecule has 2 heterocycles. The number of ether oxygens (including phenoxy) is 2. The zero-order valence-electron chi connectivity index (χ0n) is 21.7. The SMILES string of the molecule is Cc1c(C(=O)OCc2ccccc2)[nH]c(C(c2[nH]c(C(=O)OCc3ccccc3)c(C)c2C)C(Cl)Cl)c1C. The molecule has 0 saturated carbocycles. The number of aromatic amines is 2. The maximum atomic E-state index is 12.9. The Labute approximate surface area is 232 Å². The fraction of sp³-hybridized carbons (Fsp3) is 0.267. The standard InChI is InChI=1S/C30H30Cl2N2O4/c1-17-19(3)26(29(35)37-15-21-11-7-5-8-12-21)33-24(17)23(28(31)32)25-18(2)20(4)27(34-25)30(36)38-16-22-13-9-6-10-14-22/h5-14,23,28,33-34H,15-16H2,1-4H3. The molecular formula is C30H30Cl2N2O4. The van der Waals surface area contributed by atoms with E-state index in [0.717, 1.165) is 33.4 Å². The molecule has 0 bridgehead atoms. The third-order valence-electron chi connectivity index (χ3n) is 6.91. The van der Waals surface area contributed by atoms with Gasteiger partial charge in [-0.2, -0.15) is 0 Å². The van der Waals surface area contributed by atoms with E-state index in [0.29, 0.717) is 22.8 Å². The van der Waals surface area contributed by atoms with Gasteiger partial charge in [-0.25, -0.2) is 9.59 Å². The minimum Gasteiger partial charge on any atom is -0.456 e. The molecule has 4 rings (SSSR count). The highest BCUT2D eigenvalue weighted by Crippen LogP contribution is 2.39. The van der Waals surface area contributed by atoms with E-state index in [1.807, 2.05) is 88.4 Å². The topological polar surface area (TPSA) is 84.2 Å². The summed E-state index contributed by atoms with van der Waals surface area (Å²) < 4.78 is 11.1. The van der Waals surface area contributed by atoms with Crippen molar-refractivity contribution in [3.8, 4) is 0 Å². The van der Waals surface area contributed by atoms with Gasteiger partial charge in [-0.3, -0.25) is 0 Å². The zero-order valence-corrected chi connectivity index (χ0v) is 23.2. The smallest absolute Gasteiger partial charge is 0.355 e. The Hall–Kier alpha value is -3.48. The molecule has 0 radical (unpaired) electrons. The summed E-state index contributed by atoms with van der Waals surface area (Å²) in [5.74, 6) is -1.49. The minimum absolute atomic E-state index is 0.160. The lowest BCUT2D eigenvalue weighted by Crippen LogP contribution is -2.14. The molecule has 8 heteroatoms. The average Bonchev–Trinajstić information content (AvgIpc) is 3.38. The molecular weight excluding hydrogens is 523 g/mol. The van der Waals surface area contributed by atoms with Gasteiger partial charge in [0.05, 0.1) is 5.92 Å². The van der Waals surface area contributed by atoms with Gasteiger partial charge in [-0.05, 0) is 61.1 Å². The molecule has 4 aromatic rings. The highest BCUT2D eigenvalue weighted by atomic mass is 35.5. The van der Waals surface area contributed by atoms with Crippen molar-refractivity contribution < 1.29 is 19.1 Å². The van der Waals surface area contributed by atoms with Gasteiger partial charge in [0.2, 0.25) is 0 Å². The average molecular weight is 553 g/mol. The number of aromatic nitrogens is 2. The summed E-state index contributed by atoms with van der Waals surface area (Å²) in [6.45, 7) is 7.82. The molecule has 0 unspecified atom stereocenters. The Morgan fingerprint density at radius 3 is 1.37 bits per heavy atom. The summed E-state index contributed by atoms with van der Waals surface area (Å²) in [5, 5.41) is 0. The van der Waals surface area contributed by atoms with Crippen LogP contribution in [0.25, 0.3) is 0 Å². The van der Waals surface area contributed by atoms with Crippen LogP contribution in [0.2, 0.25) is 0 Å². The van der Waals surface area contributed by atoms with Crippen molar-refractivity contribution in [2.45, 2.75) is 51.7 Å². The van der Waals surface area contributed by atoms with Crippen LogP contribution in [-0.2, 0) is 22.7 Å². The fourth-order valence-electron chi connectivity index (χ4n) is 4.44. The maximum absolute atomic E-state index is 12.9. The number of rotatable bonds is 9. The summed E-state index contributed by atoms with van der Waals surface area (Å²) in [6, 6.07) is 19.0. The van der Waals surface area contributed by atoms with E-state index in [9.17, 15) is 9.59 Å². The van der Waals surface area contributed by atoms with Gasteiger partial charge < -0.3 is 19.4 Å². The molecule has 2 aromatic heterocycles. The Morgan fingerprint density at radius 2 is 1.03 bits per heavy atom. The number of benzene rings is 2. The maximum Gasteiger partial charge on any atom is 0.355 e. The Balaban J connectivity index is 1.60. The summed E-state index contributed by atoms with van der Waals surface area (Å²) in [6.07, 6.45) is 0. The van der Waals surface area contributed by atoms with Crippen LogP contribution in [-0.4, -0.2) is 26.7 Å². The molecule has 38 heavy (non-hydrogen) atoms. The molecule has 0 aliphatic rings. The second-order valence-corrected chi connectivity index (χ2v) is 10.4. The van der Waals surface area contributed by atoms with E-state index in [1.165, 1.54) is 0 Å². The van der Waals surface area contributed by atoms with E-state index < -0.39 is 22.7 Å². The van der Waals surface area contributed by atoms with Gasteiger partial charge in [0, 0.05) is 11.4 Å². The van der Waals surface area contributed by atoms with Crippen molar-refractivity contribution in [1.29, 1.82) is 0 Å². The van der Waals surface area contributed by atoms with E-state index in [2.05, 4.69) is 9.97 Å². The predicted octanol–water partition coefficient (Wildman–Crippen LogP) is 7.23. The number of carbonyl (C=O) groups is 2. The third-order valence-corrected chi connectivity index (χ3v) is 7.41. The first kappa shape index (κ1) is 27.6. The number of halogens is 2. The molecule has 2 N–H and O–H groups in total. The van der Waals surface area contributed by atoms with Crippen molar-refractivity contribution >= 4 is 35.1 Å². The van der Waals surface area contributed by atoms with Crippen molar-refractivity contribution in [3.05, 3.63) is 117 Å². The number of nitrogens with one attached hydrogen (secondary N) is 2.